The Bertz CT molecular complexity index is 1760. The first kappa shape index (κ1) is 89.1. The first-order valence-electron chi connectivity index (χ1n) is 37.7. The predicted molar refractivity (Wildman–Crippen MR) is 368 cm³/mol. The van der Waals surface area contributed by atoms with Gasteiger partial charge in [0, 0.05) is 25.7 Å². The molecule has 0 bridgehead atoms. The van der Waals surface area contributed by atoms with Crippen LogP contribution in [-0.4, -0.2) is 96.7 Å². The van der Waals surface area contributed by atoms with E-state index in [9.17, 15) is 43.2 Å². The zero-order valence-electron chi connectivity index (χ0n) is 59.0. The number of esters is 4. The lowest BCUT2D eigenvalue weighted by Gasteiger charge is -2.21. The van der Waals surface area contributed by atoms with E-state index in [1.54, 1.807) is 0 Å². The Morgan fingerprint density at radius 3 is 0.780 bits per heavy atom. The van der Waals surface area contributed by atoms with Gasteiger partial charge in [0.2, 0.25) is 0 Å². The van der Waals surface area contributed by atoms with Crippen molar-refractivity contribution in [1.82, 2.24) is 0 Å². The van der Waals surface area contributed by atoms with Crippen LogP contribution in [0.3, 0.4) is 0 Å². The fourth-order valence-corrected chi connectivity index (χ4v) is 12.5. The Morgan fingerprint density at radius 2 is 0.527 bits per heavy atom. The number of ether oxygens (including phenoxy) is 4. The standard InChI is InChI=1S/C72H140O17P2/c1-6-10-13-16-19-21-23-25-26-27-28-29-30-31-32-34-36-43-48-53-58-72(77)89-68(62-83-70(75)56-51-46-41-38-37-40-44-49-54-65(5)9-4)64-87-91(80,81)85-60-66(73)59-84-90(78,79)86-63-67(61-82-69(74)55-50-45-39-18-15-12-8-3)88-71(76)57-52-47-42-35-33-24-22-20-17-14-11-7-2/h65-68,73H,6-64H2,1-5H3,(H,78,79)(H,80,81)/t65?,66-,67+,68+/m0/s1. The van der Waals surface area contributed by atoms with E-state index in [0.717, 1.165) is 109 Å². The zero-order valence-corrected chi connectivity index (χ0v) is 60.8. The monoisotopic (exact) mass is 1340 g/mol. The van der Waals surface area contributed by atoms with Gasteiger partial charge in [-0.25, -0.2) is 9.13 Å². The van der Waals surface area contributed by atoms with Crippen LogP contribution in [0, 0.1) is 5.92 Å². The van der Waals surface area contributed by atoms with E-state index in [1.807, 2.05) is 0 Å². The average Bonchev–Trinajstić information content (AvgIpc) is 3.60. The largest absolute Gasteiger partial charge is 0.472 e. The van der Waals surface area contributed by atoms with Gasteiger partial charge < -0.3 is 33.8 Å². The Kier molecular flexibility index (Phi) is 64.0. The highest BCUT2D eigenvalue weighted by molar-refractivity contribution is 7.47. The lowest BCUT2D eigenvalue weighted by atomic mass is 9.99. The quantitative estimate of drug-likeness (QED) is 0.0222. The minimum absolute atomic E-state index is 0.107. The minimum atomic E-state index is -4.95. The van der Waals surface area contributed by atoms with Crippen molar-refractivity contribution < 1.29 is 80.2 Å². The van der Waals surface area contributed by atoms with Gasteiger partial charge in [0.15, 0.2) is 12.2 Å². The molecule has 3 unspecified atom stereocenters. The van der Waals surface area contributed by atoms with Crippen LogP contribution in [0.5, 0.6) is 0 Å². The second kappa shape index (κ2) is 65.4. The number of phosphoric acid groups is 2. The predicted octanol–water partition coefficient (Wildman–Crippen LogP) is 20.9. The molecule has 3 N–H and O–H groups in total. The van der Waals surface area contributed by atoms with Crippen LogP contribution in [-0.2, 0) is 65.4 Å². The van der Waals surface area contributed by atoms with Crippen molar-refractivity contribution in [1.29, 1.82) is 0 Å². The van der Waals surface area contributed by atoms with Crippen molar-refractivity contribution in [2.24, 2.45) is 5.92 Å². The molecule has 6 atom stereocenters. The Morgan fingerprint density at radius 1 is 0.308 bits per heavy atom. The number of phosphoric ester groups is 2. The number of hydrogen-bond donors (Lipinski definition) is 3. The Balaban J connectivity index is 5.16. The van der Waals surface area contributed by atoms with Crippen LogP contribution in [0.2, 0.25) is 0 Å². The van der Waals surface area contributed by atoms with E-state index in [1.165, 1.54) is 186 Å². The molecule has 0 rings (SSSR count). The fraction of sp³-hybridized carbons (Fsp3) is 0.944. The van der Waals surface area contributed by atoms with Gasteiger partial charge in [0.25, 0.3) is 0 Å². The van der Waals surface area contributed by atoms with Gasteiger partial charge in [-0.3, -0.25) is 37.3 Å². The molecule has 0 aromatic rings. The molecule has 17 nitrogen and oxygen atoms in total. The van der Waals surface area contributed by atoms with Crippen molar-refractivity contribution in [2.75, 3.05) is 39.6 Å². The number of aliphatic hydroxyl groups excluding tert-OH is 1. The van der Waals surface area contributed by atoms with Crippen molar-refractivity contribution in [3.63, 3.8) is 0 Å². The first-order chi connectivity index (χ1) is 44.1. The molecule has 0 aromatic heterocycles. The van der Waals surface area contributed by atoms with Gasteiger partial charge in [-0.05, 0) is 31.6 Å². The van der Waals surface area contributed by atoms with Crippen LogP contribution in [0.15, 0.2) is 0 Å². The van der Waals surface area contributed by atoms with Gasteiger partial charge in [-0.1, -0.05) is 324 Å². The van der Waals surface area contributed by atoms with Crippen molar-refractivity contribution >= 4 is 39.5 Å². The topological polar surface area (TPSA) is 237 Å². The van der Waals surface area contributed by atoms with Crippen LogP contribution >= 0.6 is 15.6 Å². The van der Waals surface area contributed by atoms with Crippen LogP contribution < -0.4 is 0 Å². The third-order valence-corrected chi connectivity index (χ3v) is 19.0. The van der Waals surface area contributed by atoms with E-state index in [0.29, 0.717) is 25.7 Å². The maximum atomic E-state index is 13.0. The van der Waals surface area contributed by atoms with E-state index >= 15 is 0 Å². The summed E-state index contributed by atoms with van der Waals surface area (Å²) in [6.45, 7) is 7.22. The summed E-state index contributed by atoms with van der Waals surface area (Å²) in [6, 6.07) is 0. The third kappa shape index (κ3) is 65.1. The lowest BCUT2D eigenvalue weighted by Crippen LogP contribution is -2.30. The third-order valence-electron chi connectivity index (χ3n) is 17.1. The van der Waals surface area contributed by atoms with E-state index in [-0.39, 0.29) is 25.7 Å². The molecule has 0 saturated heterocycles. The molecule has 0 fully saturated rings. The second-order valence-electron chi connectivity index (χ2n) is 26.2. The van der Waals surface area contributed by atoms with E-state index in [4.69, 9.17) is 37.0 Å². The summed E-state index contributed by atoms with van der Waals surface area (Å²) in [5, 5.41) is 10.6. The van der Waals surface area contributed by atoms with Crippen molar-refractivity contribution in [3.8, 4) is 0 Å². The molecule has 91 heavy (non-hydrogen) atoms. The summed E-state index contributed by atoms with van der Waals surface area (Å²) in [4.78, 5) is 72.5. The normalized spacial score (nSPS) is 14.3. The van der Waals surface area contributed by atoms with Gasteiger partial charge in [-0.2, -0.15) is 0 Å². The Hall–Kier alpha value is -1.94. The minimum Gasteiger partial charge on any atom is -0.462 e. The maximum absolute atomic E-state index is 13.0. The van der Waals surface area contributed by atoms with Crippen molar-refractivity contribution in [3.05, 3.63) is 0 Å². The smallest absolute Gasteiger partial charge is 0.462 e. The molecule has 0 aliphatic heterocycles. The van der Waals surface area contributed by atoms with Gasteiger partial charge >= 0.3 is 39.5 Å². The van der Waals surface area contributed by atoms with Gasteiger partial charge in [0.1, 0.15) is 19.3 Å². The SMILES string of the molecule is CCCCCCCCCCCCCCCCCCCCCCC(=O)O[C@H](COC(=O)CCCCCCCCCCC(C)CC)COP(=O)(O)OC[C@@H](O)COP(=O)(O)OC[C@@H](COC(=O)CCCCCCCCC)OC(=O)CCCCCCCCCCCCCC. The summed E-state index contributed by atoms with van der Waals surface area (Å²) in [6.07, 6.45) is 52.8. The Labute approximate surface area is 556 Å². The highest BCUT2D eigenvalue weighted by Crippen LogP contribution is 2.45. The molecular weight excluding hydrogens is 1200 g/mol. The fourth-order valence-electron chi connectivity index (χ4n) is 11.0. The second-order valence-corrected chi connectivity index (χ2v) is 29.1. The van der Waals surface area contributed by atoms with Crippen molar-refractivity contribution in [2.45, 2.75) is 393 Å². The first-order valence-corrected chi connectivity index (χ1v) is 40.7. The number of carbonyl (C=O) groups is 4. The molecule has 0 radical (unpaired) electrons. The van der Waals surface area contributed by atoms with E-state index < -0.39 is 97.5 Å². The number of carbonyl (C=O) groups excluding carboxylic acids is 4. The van der Waals surface area contributed by atoms with Crippen LogP contribution in [0.1, 0.15) is 375 Å². The highest BCUT2D eigenvalue weighted by atomic mass is 31.2. The molecule has 0 spiro atoms. The lowest BCUT2D eigenvalue weighted by molar-refractivity contribution is -0.161. The van der Waals surface area contributed by atoms with E-state index in [2.05, 4.69) is 34.6 Å². The van der Waals surface area contributed by atoms with Gasteiger partial charge in [-0.15, -0.1) is 0 Å². The average molecular weight is 1340 g/mol. The zero-order chi connectivity index (χ0) is 67.0. The molecule has 0 aliphatic rings. The molecule has 0 amide bonds. The number of rotatable bonds is 72. The number of aliphatic hydroxyl groups is 1. The highest BCUT2D eigenvalue weighted by Gasteiger charge is 2.30. The summed E-state index contributed by atoms with van der Waals surface area (Å²) in [7, 11) is -9.90. The number of unbranched alkanes of at least 4 members (excludes halogenated alkanes) is 43. The summed E-state index contributed by atoms with van der Waals surface area (Å²) in [5.74, 6) is -1.35. The van der Waals surface area contributed by atoms with Crippen LogP contribution in [0.4, 0.5) is 0 Å². The maximum Gasteiger partial charge on any atom is 0.472 e. The molecule has 19 heteroatoms. The molecule has 0 heterocycles. The summed E-state index contributed by atoms with van der Waals surface area (Å²) < 4.78 is 68.2. The molecule has 540 valence electrons. The molecular formula is C72H140O17P2. The van der Waals surface area contributed by atoms with Gasteiger partial charge in [0.05, 0.1) is 26.4 Å². The molecule has 0 aromatic carbocycles. The molecule has 0 saturated carbocycles. The number of hydrogen-bond acceptors (Lipinski definition) is 15. The summed E-state index contributed by atoms with van der Waals surface area (Å²) in [5.41, 5.74) is 0. The summed E-state index contributed by atoms with van der Waals surface area (Å²) >= 11 is 0. The van der Waals surface area contributed by atoms with Crippen LogP contribution in [0.25, 0.3) is 0 Å². The molecule has 0 aliphatic carbocycles.